The molecule has 0 spiro atoms. The van der Waals surface area contributed by atoms with Crippen molar-refractivity contribution in [2.75, 3.05) is 40.6 Å². The Morgan fingerprint density at radius 3 is 1.57 bits per heavy atom. The summed E-state index contributed by atoms with van der Waals surface area (Å²) < 4.78 is 19.3. The second kappa shape index (κ2) is 15.9. The third-order valence-electron chi connectivity index (χ3n) is 3.28. The van der Waals surface area contributed by atoms with E-state index in [1.165, 1.54) is 45.6 Å². The van der Waals surface area contributed by atoms with E-state index in [4.69, 9.17) is 19.3 Å². The van der Waals surface area contributed by atoms with Gasteiger partial charge in [-0.3, -0.25) is 0 Å². The predicted molar refractivity (Wildman–Crippen MR) is 88.4 cm³/mol. The van der Waals surface area contributed by atoms with Gasteiger partial charge in [0.1, 0.15) is 12.2 Å². The number of epoxide rings is 2. The average Bonchev–Trinajstić information content (AvgIpc) is 3.54. The van der Waals surface area contributed by atoms with Crippen LogP contribution in [-0.2, 0) is 23.7 Å². The van der Waals surface area contributed by atoms with Gasteiger partial charge in [-0.05, 0) is 0 Å². The number of carbonyl (C=O) groups is 1. The first-order chi connectivity index (χ1) is 11.3. The molecule has 6 nitrogen and oxygen atoms in total. The van der Waals surface area contributed by atoms with Gasteiger partial charge in [0.25, 0.3) is 0 Å². The Morgan fingerprint density at radius 2 is 1.39 bits per heavy atom. The second-order valence-electron chi connectivity index (χ2n) is 5.30. The molecule has 0 radical (unpaired) electrons. The van der Waals surface area contributed by atoms with E-state index in [2.05, 4.69) is 11.3 Å². The minimum atomic E-state index is -0.394. The predicted octanol–water partition coefficient (Wildman–Crippen LogP) is 2.10. The molecule has 0 bridgehead atoms. The van der Waals surface area contributed by atoms with Crippen molar-refractivity contribution in [3.05, 3.63) is 12.7 Å². The van der Waals surface area contributed by atoms with Crippen LogP contribution in [0.3, 0.4) is 0 Å². The number of esters is 1. The van der Waals surface area contributed by atoms with E-state index in [0.717, 1.165) is 39.6 Å². The van der Waals surface area contributed by atoms with Crippen LogP contribution in [0.2, 0.25) is 0 Å². The first-order valence-corrected chi connectivity index (χ1v) is 8.22. The zero-order chi connectivity index (χ0) is 17.3. The van der Waals surface area contributed by atoms with E-state index < -0.39 is 5.97 Å². The molecular weight excluding hydrogens is 300 g/mol. The molecule has 3 fully saturated rings. The maximum Gasteiger partial charge on any atom is 0.329 e. The van der Waals surface area contributed by atoms with Gasteiger partial charge < -0.3 is 24.1 Å². The first-order valence-electron chi connectivity index (χ1n) is 8.22. The molecule has 2 unspecified atom stereocenters. The van der Waals surface area contributed by atoms with Crippen LogP contribution in [0, 0.1) is 0 Å². The van der Waals surface area contributed by atoms with Crippen molar-refractivity contribution < 1.29 is 28.8 Å². The van der Waals surface area contributed by atoms with Crippen LogP contribution in [0.1, 0.15) is 38.5 Å². The van der Waals surface area contributed by atoms with Crippen LogP contribution in [0.4, 0.5) is 0 Å². The van der Waals surface area contributed by atoms with E-state index in [1.807, 2.05) is 0 Å². The Balaban J connectivity index is 0.000000310. The molecule has 1 saturated carbocycles. The average molecular weight is 332 g/mol. The van der Waals surface area contributed by atoms with E-state index in [-0.39, 0.29) is 0 Å². The molecule has 2 aliphatic heterocycles. The van der Waals surface area contributed by atoms with Gasteiger partial charge in [-0.25, -0.2) is 4.79 Å². The number of hydrogen-bond donors (Lipinski definition) is 1. The summed E-state index contributed by atoms with van der Waals surface area (Å²) in [6.45, 7) is 6.42. The van der Waals surface area contributed by atoms with Gasteiger partial charge in [-0.15, -0.1) is 0 Å². The highest BCUT2D eigenvalue weighted by Gasteiger charge is 2.26. The van der Waals surface area contributed by atoms with Crippen LogP contribution >= 0.6 is 0 Å². The van der Waals surface area contributed by atoms with Crippen molar-refractivity contribution in [2.45, 2.75) is 50.7 Å². The van der Waals surface area contributed by atoms with E-state index in [1.54, 1.807) is 0 Å². The van der Waals surface area contributed by atoms with Gasteiger partial charge >= 0.3 is 5.97 Å². The van der Waals surface area contributed by atoms with Crippen LogP contribution in [-0.4, -0.2) is 63.9 Å². The SMILES string of the molecule is C(OCC1CO1)C1CO1.C1CCCCC1.C=CC(=O)OC.CO. The number of rotatable bonds is 5. The van der Waals surface area contributed by atoms with Crippen LogP contribution in [0.5, 0.6) is 0 Å². The Labute approximate surface area is 139 Å². The molecule has 2 heterocycles. The molecule has 3 aliphatic rings. The summed E-state index contributed by atoms with van der Waals surface area (Å²) in [5.41, 5.74) is 0. The summed E-state index contributed by atoms with van der Waals surface area (Å²) >= 11 is 0. The molecule has 0 amide bonds. The van der Waals surface area contributed by atoms with Gasteiger partial charge in [-0.1, -0.05) is 45.1 Å². The fourth-order valence-electron chi connectivity index (χ4n) is 1.80. The summed E-state index contributed by atoms with van der Waals surface area (Å²) in [5.74, 6) is -0.394. The fraction of sp³-hybridized carbons (Fsp3) is 0.824. The lowest BCUT2D eigenvalue weighted by Crippen LogP contribution is -2.06. The van der Waals surface area contributed by atoms with Crippen molar-refractivity contribution in [1.82, 2.24) is 0 Å². The summed E-state index contributed by atoms with van der Waals surface area (Å²) in [4.78, 5) is 9.84. The quantitative estimate of drug-likeness (QED) is 0.472. The summed E-state index contributed by atoms with van der Waals surface area (Å²) in [7, 11) is 2.31. The largest absolute Gasteiger partial charge is 0.466 e. The third kappa shape index (κ3) is 17.2. The monoisotopic (exact) mass is 332 g/mol. The molecule has 136 valence electrons. The molecule has 6 heteroatoms. The fourth-order valence-corrected chi connectivity index (χ4v) is 1.80. The minimum Gasteiger partial charge on any atom is -0.466 e. The summed E-state index contributed by atoms with van der Waals surface area (Å²) in [6, 6.07) is 0. The van der Waals surface area contributed by atoms with Crippen molar-refractivity contribution in [3.63, 3.8) is 0 Å². The van der Waals surface area contributed by atoms with Crippen molar-refractivity contribution in [2.24, 2.45) is 0 Å². The highest BCUT2D eigenvalue weighted by atomic mass is 16.6. The van der Waals surface area contributed by atoms with Gasteiger partial charge in [0.05, 0.1) is 33.5 Å². The Morgan fingerprint density at radius 1 is 1.04 bits per heavy atom. The van der Waals surface area contributed by atoms with Gasteiger partial charge in [0.15, 0.2) is 0 Å². The molecule has 1 N–H and O–H groups in total. The highest BCUT2D eigenvalue weighted by molar-refractivity contribution is 5.80. The number of ether oxygens (including phenoxy) is 4. The van der Waals surface area contributed by atoms with E-state index in [9.17, 15) is 4.79 Å². The van der Waals surface area contributed by atoms with Gasteiger partial charge in [0, 0.05) is 13.2 Å². The van der Waals surface area contributed by atoms with Gasteiger partial charge in [0.2, 0.25) is 0 Å². The minimum absolute atomic E-state index is 0.392. The maximum absolute atomic E-state index is 9.84. The third-order valence-corrected chi connectivity index (χ3v) is 3.28. The number of aliphatic hydroxyl groups excluding tert-OH is 1. The molecule has 0 aromatic rings. The van der Waals surface area contributed by atoms with Crippen LogP contribution < -0.4 is 0 Å². The molecule has 0 aromatic carbocycles. The lowest BCUT2D eigenvalue weighted by molar-refractivity contribution is -0.134. The molecule has 1 aliphatic carbocycles. The van der Waals surface area contributed by atoms with Crippen molar-refractivity contribution in [3.8, 4) is 0 Å². The molecule has 23 heavy (non-hydrogen) atoms. The molecule has 3 rings (SSSR count). The molecule has 0 aromatic heterocycles. The van der Waals surface area contributed by atoms with Crippen molar-refractivity contribution >= 4 is 5.97 Å². The Hall–Kier alpha value is -0.950. The van der Waals surface area contributed by atoms with Gasteiger partial charge in [-0.2, -0.15) is 0 Å². The topological polar surface area (TPSA) is 80.8 Å². The second-order valence-corrected chi connectivity index (χ2v) is 5.30. The maximum atomic E-state index is 9.84. The number of carbonyl (C=O) groups excluding carboxylic acids is 1. The lowest BCUT2D eigenvalue weighted by atomic mass is 10.0. The van der Waals surface area contributed by atoms with Crippen molar-refractivity contribution in [1.29, 1.82) is 0 Å². The standard InChI is InChI=1S/C6H10O3.C6H12.C4H6O2.CH4O/c1(5-3-8-5)7-2-6-4-9-6;1-2-4-6-5-3-1;1-3-4(5)6-2;1-2/h5-6H,1-4H2;1-6H2;3H,1H2,2H3;2H,1H3. The van der Waals surface area contributed by atoms with E-state index in [0.29, 0.717) is 12.2 Å². The lowest BCUT2D eigenvalue weighted by Gasteiger charge is -2.05. The molecule has 2 atom stereocenters. The zero-order valence-corrected chi connectivity index (χ0v) is 14.5. The first kappa shape index (κ1) is 22.1. The zero-order valence-electron chi connectivity index (χ0n) is 14.5. The normalized spacial score (nSPS) is 23.4. The number of hydrogen-bond acceptors (Lipinski definition) is 6. The number of methoxy groups -OCH3 is 1. The molecule has 2 saturated heterocycles. The Kier molecular flexibility index (Phi) is 15.3. The van der Waals surface area contributed by atoms with Crippen LogP contribution in [0.25, 0.3) is 0 Å². The van der Waals surface area contributed by atoms with Crippen LogP contribution in [0.15, 0.2) is 12.7 Å². The Bertz CT molecular complexity index is 259. The van der Waals surface area contributed by atoms with E-state index >= 15 is 0 Å². The number of aliphatic hydroxyl groups is 1. The molecular formula is C17H32O6. The summed E-state index contributed by atoms with van der Waals surface area (Å²) in [6.07, 6.45) is 10.9. The highest BCUT2D eigenvalue weighted by Crippen LogP contribution is 2.15. The smallest absolute Gasteiger partial charge is 0.329 e. The summed E-state index contributed by atoms with van der Waals surface area (Å²) in [5, 5.41) is 7.00.